The summed E-state index contributed by atoms with van der Waals surface area (Å²) in [6.07, 6.45) is -3.49. The molecule has 1 atom stereocenters. The van der Waals surface area contributed by atoms with E-state index >= 15 is 0 Å². The number of ether oxygens (including phenoxy) is 1. The Morgan fingerprint density at radius 3 is 2.70 bits per heavy atom. The zero-order chi connectivity index (χ0) is 20.1. The molecule has 1 aliphatic heterocycles. The molecule has 1 saturated heterocycles. The molecule has 8 heteroatoms. The minimum Gasteiger partial charge on any atom is -0.497 e. The van der Waals surface area contributed by atoms with Crippen molar-refractivity contribution in [1.82, 2.24) is 15.5 Å². The Bertz CT molecular complexity index is 646. The van der Waals surface area contributed by atoms with Crippen molar-refractivity contribution in [2.45, 2.75) is 37.9 Å². The Labute approximate surface area is 159 Å². The quantitative estimate of drug-likeness (QED) is 0.583. The van der Waals surface area contributed by atoms with E-state index in [1.807, 2.05) is 24.3 Å². The summed E-state index contributed by atoms with van der Waals surface area (Å²) in [5, 5.41) is 6.53. The van der Waals surface area contributed by atoms with Gasteiger partial charge in [-0.05, 0) is 24.1 Å². The number of nitrogens with zero attached hydrogens (tertiary/aromatic N) is 2. The molecule has 1 heterocycles. The Morgan fingerprint density at radius 2 is 2.07 bits per heavy atom. The number of hydrogen-bond acceptors (Lipinski definition) is 3. The van der Waals surface area contributed by atoms with E-state index in [1.165, 1.54) is 4.90 Å². The smallest absolute Gasteiger partial charge is 0.401 e. The first-order valence-corrected chi connectivity index (χ1v) is 9.04. The molecule has 1 aromatic carbocycles. The fraction of sp³-hybridized carbons (Fsp3) is 0.632. The Morgan fingerprint density at radius 1 is 1.33 bits per heavy atom. The van der Waals surface area contributed by atoms with E-state index in [4.69, 9.17) is 4.74 Å². The van der Waals surface area contributed by atoms with Gasteiger partial charge < -0.3 is 15.4 Å². The second-order valence-corrected chi connectivity index (χ2v) is 7.52. The number of rotatable bonds is 6. The van der Waals surface area contributed by atoms with Gasteiger partial charge in [0.05, 0.1) is 13.7 Å². The van der Waals surface area contributed by atoms with Crippen LogP contribution in [-0.2, 0) is 5.41 Å². The Kier molecular flexibility index (Phi) is 6.97. The van der Waals surface area contributed by atoms with Crippen molar-refractivity contribution in [3.8, 4) is 5.75 Å². The number of alkyl halides is 3. The number of guanidine groups is 1. The van der Waals surface area contributed by atoms with Crippen molar-refractivity contribution >= 4 is 5.96 Å². The first-order chi connectivity index (χ1) is 12.6. The summed E-state index contributed by atoms with van der Waals surface area (Å²) >= 11 is 0. The highest BCUT2D eigenvalue weighted by atomic mass is 19.4. The number of methoxy groups -OCH3 is 1. The fourth-order valence-corrected chi connectivity index (χ4v) is 3.19. The lowest BCUT2D eigenvalue weighted by Gasteiger charge is -2.28. The first-order valence-electron chi connectivity index (χ1n) is 9.04. The molecule has 0 aliphatic carbocycles. The van der Waals surface area contributed by atoms with Gasteiger partial charge in [-0.2, -0.15) is 13.2 Å². The van der Waals surface area contributed by atoms with Gasteiger partial charge in [0.15, 0.2) is 5.96 Å². The summed E-state index contributed by atoms with van der Waals surface area (Å²) in [4.78, 5) is 5.63. The third-order valence-corrected chi connectivity index (χ3v) is 4.79. The molecule has 2 N–H and O–H groups in total. The molecule has 2 rings (SSSR count). The van der Waals surface area contributed by atoms with Crippen LogP contribution in [0.4, 0.5) is 13.2 Å². The Balaban J connectivity index is 1.88. The molecular formula is C19H29F3N4O. The molecule has 1 fully saturated rings. The SMILES string of the molecule is CN=C(NCC(C)(C)c1cccc(OC)c1)NC1CCN(CC(F)(F)F)C1. The molecule has 1 unspecified atom stereocenters. The third kappa shape index (κ3) is 6.61. The van der Waals surface area contributed by atoms with Crippen LogP contribution in [0, 0.1) is 0 Å². The van der Waals surface area contributed by atoms with Gasteiger partial charge in [0.1, 0.15) is 5.75 Å². The van der Waals surface area contributed by atoms with Gasteiger partial charge in [-0.3, -0.25) is 9.89 Å². The van der Waals surface area contributed by atoms with E-state index in [9.17, 15) is 13.2 Å². The topological polar surface area (TPSA) is 48.9 Å². The van der Waals surface area contributed by atoms with Crippen LogP contribution in [-0.4, -0.2) is 63.4 Å². The summed E-state index contributed by atoms with van der Waals surface area (Å²) in [5.41, 5.74) is 0.950. The lowest BCUT2D eigenvalue weighted by Crippen LogP contribution is -2.48. The molecule has 5 nitrogen and oxygen atoms in total. The highest BCUT2D eigenvalue weighted by Crippen LogP contribution is 2.26. The zero-order valence-electron chi connectivity index (χ0n) is 16.4. The summed E-state index contributed by atoms with van der Waals surface area (Å²) in [6, 6.07) is 7.87. The summed E-state index contributed by atoms with van der Waals surface area (Å²) in [5.74, 6) is 1.41. The molecular weight excluding hydrogens is 357 g/mol. The van der Waals surface area contributed by atoms with E-state index in [-0.39, 0.29) is 11.5 Å². The van der Waals surface area contributed by atoms with Crippen LogP contribution in [0.3, 0.4) is 0 Å². The largest absolute Gasteiger partial charge is 0.497 e. The van der Waals surface area contributed by atoms with Gasteiger partial charge in [-0.25, -0.2) is 0 Å². The molecule has 27 heavy (non-hydrogen) atoms. The molecule has 0 saturated carbocycles. The van der Waals surface area contributed by atoms with Crippen molar-refractivity contribution in [2.24, 2.45) is 4.99 Å². The second-order valence-electron chi connectivity index (χ2n) is 7.52. The van der Waals surface area contributed by atoms with Crippen LogP contribution in [0.1, 0.15) is 25.8 Å². The Hall–Kier alpha value is -1.96. The maximum atomic E-state index is 12.5. The number of halogens is 3. The highest BCUT2D eigenvalue weighted by molar-refractivity contribution is 5.80. The van der Waals surface area contributed by atoms with Gasteiger partial charge in [0.25, 0.3) is 0 Å². The van der Waals surface area contributed by atoms with Crippen LogP contribution >= 0.6 is 0 Å². The standard InChI is InChI=1S/C19H29F3N4O/c1-18(2,14-6-5-7-16(10-14)27-4)12-24-17(23-3)25-15-8-9-26(11-15)13-19(20,21)22/h5-7,10,15H,8-9,11-13H2,1-4H3,(H2,23,24,25). The monoisotopic (exact) mass is 386 g/mol. The van der Waals surface area contributed by atoms with Crippen molar-refractivity contribution in [1.29, 1.82) is 0 Å². The van der Waals surface area contributed by atoms with Gasteiger partial charge in [-0.15, -0.1) is 0 Å². The predicted molar refractivity (Wildman–Crippen MR) is 101 cm³/mol. The molecule has 152 valence electrons. The molecule has 0 radical (unpaired) electrons. The van der Waals surface area contributed by atoms with Gasteiger partial charge >= 0.3 is 6.18 Å². The van der Waals surface area contributed by atoms with Crippen molar-refractivity contribution in [3.05, 3.63) is 29.8 Å². The minimum atomic E-state index is -4.16. The minimum absolute atomic E-state index is 0.0431. The second kappa shape index (κ2) is 8.82. The number of hydrogen-bond donors (Lipinski definition) is 2. The summed E-state index contributed by atoms with van der Waals surface area (Å²) in [6.45, 7) is 4.78. The number of likely N-dealkylation sites (tertiary alicyclic amines) is 1. The molecule has 0 amide bonds. The lowest BCUT2D eigenvalue weighted by molar-refractivity contribution is -0.143. The van der Waals surface area contributed by atoms with E-state index in [0.717, 1.165) is 11.3 Å². The zero-order valence-corrected chi connectivity index (χ0v) is 16.4. The van der Waals surface area contributed by atoms with Crippen LogP contribution < -0.4 is 15.4 Å². The summed E-state index contributed by atoms with van der Waals surface area (Å²) in [7, 11) is 3.30. The van der Waals surface area contributed by atoms with Crippen molar-refractivity contribution in [3.63, 3.8) is 0 Å². The van der Waals surface area contributed by atoms with Crippen LogP contribution in [0.25, 0.3) is 0 Å². The van der Waals surface area contributed by atoms with E-state index in [0.29, 0.717) is 32.0 Å². The van der Waals surface area contributed by atoms with Gasteiger partial charge in [-0.1, -0.05) is 26.0 Å². The third-order valence-electron chi connectivity index (χ3n) is 4.79. The number of aliphatic imine (C=N–C) groups is 1. The van der Waals surface area contributed by atoms with E-state index in [1.54, 1.807) is 14.2 Å². The van der Waals surface area contributed by atoms with Gasteiger partial charge in [0, 0.05) is 38.1 Å². The van der Waals surface area contributed by atoms with Crippen LogP contribution in [0.5, 0.6) is 5.75 Å². The molecule has 0 aromatic heterocycles. The fourth-order valence-electron chi connectivity index (χ4n) is 3.19. The average Bonchev–Trinajstić information content (AvgIpc) is 3.03. The predicted octanol–water partition coefficient (Wildman–Crippen LogP) is 2.77. The van der Waals surface area contributed by atoms with E-state index in [2.05, 4.69) is 29.5 Å². The van der Waals surface area contributed by atoms with Crippen LogP contribution in [0.15, 0.2) is 29.3 Å². The maximum Gasteiger partial charge on any atom is 0.401 e. The highest BCUT2D eigenvalue weighted by Gasteiger charge is 2.34. The normalized spacial score (nSPS) is 19.2. The molecule has 0 bridgehead atoms. The van der Waals surface area contributed by atoms with Gasteiger partial charge in [0.2, 0.25) is 0 Å². The number of nitrogens with one attached hydrogen (secondary N) is 2. The van der Waals surface area contributed by atoms with Crippen molar-refractivity contribution < 1.29 is 17.9 Å². The molecule has 1 aliphatic rings. The molecule has 0 spiro atoms. The molecule has 1 aromatic rings. The first kappa shape index (κ1) is 21.3. The van der Waals surface area contributed by atoms with E-state index < -0.39 is 12.7 Å². The van der Waals surface area contributed by atoms with Crippen molar-refractivity contribution in [2.75, 3.05) is 40.3 Å². The average molecular weight is 386 g/mol. The number of benzene rings is 1. The maximum absolute atomic E-state index is 12.5. The van der Waals surface area contributed by atoms with Crippen LogP contribution in [0.2, 0.25) is 0 Å². The lowest BCUT2D eigenvalue weighted by atomic mass is 9.84. The summed E-state index contributed by atoms with van der Waals surface area (Å²) < 4.78 is 42.9.